The van der Waals surface area contributed by atoms with E-state index in [1.165, 1.54) is 17.3 Å². The first-order chi connectivity index (χ1) is 19.3. The van der Waals surface area contributed by atoms with Crippen molar-refractivity contribution in [1.82, 2.24) is 20.2 Å². The molecule has 0 spiro atoms. The van der Waals surface area contributed by atoms with Crippen LogP contribution in [0.1, 0.15) is 44.4 Å². The third kappa shape index (κ3) is 7.51. The molecule has 0 aliphatic heterocycles. The number of hydrazone groups is 1. The normalized spacial score (nSPS) is 11.5. The van der Waals surface area contributed by atoms with Gasteiger partial charge >= 0.3 is 0 Å². The monoisotopic (exact) mass is 557 g/mol. The molecule has 1 amide bonds. The molecule has 0 saturated heterocycles. The Bertz CT molecular complexity index is 1440. The van der Waals surface area contributed by atoms with Crippen LogP contribution in [0.2, 0.25) is 0 Å². The molecule has 0 fully saturated rings. The highest BCUT2D eigenvalue weighted by atomic mass is 32.2. The largest absolute Gasteiger partial charge is 0.493 e. The third-order valence-electron chi connectivity index (χ3n) is 6.20. The fraction of sp³-hybridized carbons (Fsp3) is 0.290. The van der Waals surface area contributed by atoms with Crippen molar-refractivity contribution >= 4 is 23.9 Å². The molecule has 0 atom stereocenters. The number of nitrogens with zero attached hydrogens (tertiary/aromatic N) is 4. The molecular weight excluding hydrogens is 522 g/mol. The van der Waals surface area contributed by atoms with Crippen molar-refractivity contribution in [2.24, 2.45) is 5.10 Å². The Morgan fingerprint density at radius 1 is 1.02 bits per heavy atom. The van der Waals surface area contributed by atoms with Crippen LogP contribution in [-0.4, -0.2) is 39.7 Å². The lowest BCUT2D eigenvalue weighted by Gasteiger charge is -2.19. The first kappa shape index (κ1) is 28.9. The van der Waals surface area contributed by atoms with Crippen LogP contribution in [0.5, 0.6) is 11.5 Å². The predicted octanol–water partition coefficient (Wildman–Crippen LogP) is 6.09. The molecule has 3 aromatic carbocycles. The summed E-state index contributed by atoms with van der Waals surface area (Å²) in [5.41, 5.74) is 6.75. The third-order valence-corrected chi connectivity index (χ3v) is 7.17. The molecule has 1 heterocycles. The number of hydrogen-bond donors (Lipinski definition) is 1. The molecule has 1 N–H and O–H groups in total. The van der Waals surface area contributed by atoms with Gasteiger partial charge in [0.15, 0.2) is 22.5 Å². The van der Waals surface area contributed by atoms with E-state index in [0.717, 1.165) is 22.5 Å². The van der Waals surface area contributed by atoms with Gasteiger partial charge in [-0.15, -0.1) is 10.2 Å². The Morgan fingerprint density at radius 2 is 1.77 bits per heavy atom. The summed E-state index contributed by atoms with van der Waals surface area (Å²) < 4.78 is 13.4. The van der Waals surface area contributed by atoms with Gasteiger partial charge in [0, 0.05) is 12.1 Å². The number of thioether (sulfide) groups is 1. The number of amides is 1. The molecule has 208 valence electrons. The average molecular weight is 558 g/mol. The van der Waals surface area contributed by atoms with Gasteiger partial charge in [-0.05, 0) is 47.2 Å². The highest BCUT2D eigenvalue weighted by Crippen LogP contribution is 2.29. The molecule has 0 bridgehead atoms. The van der Waals surface area contributed by atoms with E-state index in [4.69, 9.17) is 9.47 Å². The summed E-state index contributed by atoms with van der Waals surface area (Å²) in [5, 5.41) is 13.5. The van der Waals surface area contributed by atoms with E-state index >= 15 is 0 Å². The summed E-state index contributed by atoms with van der Waals surface area (Å²) >= 11 is 1.33. The summed E-state index contributed by atoms with van der Waals surface area (Å²) in [4.78, 5) is 12.5. The fourth-order valence-electron chi connectivity index (χ4n) is 3.97. The molecule has 0 unspecified atom stereocenters. The lowest BCUT2D eigenvalue weighted by atomic mass is 9.87. The van der Waals surface area contributed by atoms with E-state index in [0.29, 0.717) is 29.8 Å². The molecule has 0 saturated carbocycles. The number of carbonyl (C=O) groups excluding carboxylic acids is 1. The van der Waals surface area contributed by atoms with E-state index in [1.807, 2.05) is 60.0 Å². The number of ether oxygens (including phenoxy) is 2. The number of rotatable bonds is 11. The zero-order valence-corrected chi connectivity index (χ0v) is 24.4. The molecular formula is C31H35N5O3S. The lowest BCUT2D eigenvalue weighted by Crippen LogP contribution is -2.20. The van der Waals surface area contributed by atoms with Gasteiger partial charge in [0.1, 0.15) is 6.61 Å². The second-order valence-electron chi connectivity index (χ2n) is 10.1. The summed E-state index contributed by atoms with van der Waals surface area (Å²) in [6.07, 6.45) is 1.57. The van der Waals surface area contributed by atoms with Crippen LogP contribution in [-0.2, 0) is 23.4 Å². The van der Waals surface area contributed by atoms with Crippen LogP contribution in [0, 0.1) is 0 Å². The topological polar surface area (TPSA) is 90.6 Å². The molecule has 0 aliphatic rings. The highest BCUT2D eigenvalue weighted by molar-refractivity contribution is 7.99. The molecule has 1 aromatic heterocycles. The summed E-state index contributed by atoms with van der Waals surface area (Å²) in [7, 11) is 1.59. The number of nitrogens with one attached hydrogen (secondary N) is 1. The van der Waals surface area contributed by atoms with Crippen molar-refractivity contribution in [2.45, 2.75) is 51.4 Å². The van der Waals surface area contributed by atoms with Crippen molar-refractivity contribution in [1.29, 1.82) is 0 Å². The Morgan fingerprint density at radius 3 is 2.45 bits per heavy atom. The number of hydrogen-bond acceptors (Lipinski definition) is 7. The van der Waals surface area contributed by atoms with Gasteiger partial charge in [0.05, 0.1) is 19.1 Å². The number of aromatic nitrogens is 3. The second-order valence-corrected chi connectivity index (χ2v) is 11.1. The van der Waals surface area contributed by atoms with Gasteiger partial charge in [-0.25, -0.2) is 5.43 Å². The first-order valence-corrected chi connectivity index (χ1v) is 14.1. The quantitative estimate of drug-likeness (QED) is 0.136. The lowest BCUT2D eigenvalue weighted by molar-refractivity contribution is -0.118. The fourth-order valence-corrected chi connectivity index (χ4v) is 4.77. The van der Waals surface area contributed by atoms with Crippen LogP contribution in [0.15, 0.2) is 83.1 Å². The van der Waals surface area contributed by atoms with Gasteiger partial charge in [-0.3, -0.25) is 4.79 Å². The summed E-state index contributed by atoms with van der Waals surface area (Å²) in [5.74, 6) is 1.93. The average Bonchev–Trinajstić information content (AvgIpc) is 3.38. The molecule has 4 aromatic rings. The van der Waals surface area contributed by atoms with Gasteiger partial charge in [-0.1, -0.05) is 87.1 Å². The predicted molar refractivity (Wildman–Crippen MR) is 160 cm³/mol. The Kier molecular flexibility index (Phi) is 9.60. The van der Waals surface area contributed by atoms with Crippen molar-refractivity contribution in [3.8, 4) is 22.9 Å². The maximum Gasteiger partial charge on any atom is 0.250 e. The van der Waals surface area contributed by atoms with Crippen molar-refractivity contribution < 1.29 is 14.3 Å². The van der Waals surface area contributed by atoms with E-state index in [1.54, 1.807) is 13.3 Å². The van der Waals surface area contributed by atoms with Crippen molar-refractivity contribution in [3.63, 3.8) is 0 Å². The standard InChI is InChI=1S/C31H35N5O3S/c1-6-36-29(24-13-15-25(16-14-24)31(2,3)4)34-35-30(36)40-21-28(37)33-32-19-23-12-17-26(27(18-23)38-5)39-20-22-10-8-7-9-11-22/h7-19H,6,20-21H2,1-5H3,(H,33,37). The zero-order chi connectivity index (χ0) is 28.5. The van der Waals surface area contributed by atoms with Crippen molar-refractivity contribution in [2.75, 3.05) is 12.9 Å². The molecule has 0 aliphatic carbocycles. The molecule has 0 radical (unpaired) electrons. The number of carbonyl (C=O) groups is 1. The van der Waals surface area contributed by atoms with Crippen LogP contribution >= 0.6 is 11.8 Å². The van der Waals surface area contributed by atoms with Gasteiger partial charge in [0.2, 0.25) is 0 Å². The molecule has 9 heteroatoms. The van der Waals surface area contributed by atoms with Crippen LogP contribution < -0.4 is 14.9 Å². The first-order valence-electron chi connectivity index (χ1n) is 13.1. The van der Waals surface area contributed by atoms with E-state index in [9.17, 15) is 4.79 Å². The minimum atomic E-state index is -0.238. The zero-order valence-electron chi connectivity index (χ0n) is 23.5. The minimum Gasteiger partial charge on any atom is -0.493 e. The Labute approximate surface area is 239 Å². The van der Waals surface area contributed by atoms with Crippen molar-refractivity contribution in [3.05, 3.63) is 89.5 Å². The molecule has 8 nitrogen and oxygen atoms in total. The molecule has 40 heavy (non-hydrogen) atoms. The van der Waals surface area contributed by atoms with E-state index in [-0.39, 0.29) is 17.1 Å². The van der Waals surface area contributed by atoms with E-state index in [2.05, 4.69) is 65.8 Å². The van der Waals surface area contributed by atoms with Gasteiger partial charge in [-0.2, -0.15) is 5.10 Å². The number of benzene rings is 3. The Balaban J connectivity index is 1.31. The van der Waals surface area contributed by atoms with Crippen LogP contribution in [0.4, 0.5) is 0 Å². The van der Waals surface area contributed by atoms with Crippen LogP contribution in [0.25, 0.3) is 11.4 Å². The minimum absolute atomic E-state index is 0.0836. The van der Waals surface area contributed by atoms with E-state index < -0.39 is 0 Å². The highest BCUT2D eigenvalue weighted by Gasteiger charge is 2.17. The van der Waals surface area contributed by atoms with Gasteiger partial charge in [0.25, 0.3) is 5.91 Å². The maximum absolute atomic E-state index is 12.5. The Hall–Kier alpha value is -4.11. The number of methoxy groups -OCH3 is 1. The maximum atomic E-state index is 12.5. The smallest absolute Gasteiger partial charge is 0.250 e. The second kappa shape index (κ2) is 13.3. The summed E-state index contributed by atoms with van der Waals surface area (Å²) in [6.45, 7) is 9.74. The SMILES string of the molecule is CCn1c(SCC(=O)NN=Cc2ccc(OCc3ccccc3)c(OC)c2)nnc1-c1ccc(C(C)(C)C)cc1. The van der Waals surface area contributed by atoms with Gasteiger partial charge < -0.3 is 14.0 Å². The molecule has 4 rings (SSSR count). The summed E-state index contributed by atoms with van der Waals surface area (Å²) in [6, 6.07) is 23.8. The van der Waals surface area contributed by atoms with Crippen LogP contribution in [0.3, 0.4) is 0 Å².